The first-order valence-electron chi connectivity index (χ1n) is 9.13. The first-order valence-corrected chi connectivity index (χ1v) is 9.13. The summed E-state index contributed by atoms with van der Waals surface area (Å²) in [7, 11) is 1.78. The van der Waals surface area contributed by atoms with E-state index < -0.39 is 0 Å². The molecule has 1 fully saturated rings. The molecule has 0 spiro atoms. The topological polar surface area (TPSA) is 85.9 Å². The minimum Gasteiger partial charge on any atom is -0.487 e. The van der Waals surface area contributed by atoms with Crippen molar-refractivity contribution in [1.82, 2.24) is 15.1 Å². The standard InChI is InChI=1S/C19H23N3O5/c1-22(10-15-4-2-3-7-24-15)19(23)16-8-13(20-21-16)11-25-14-5-6-17-18(9-14)27-12-26-17/h5-6,8-9,15H,2-4,7,10-12H2,1H3,(H,20,21)/t15-/m1/s1. The van der Waals surface area contributed by atoms with Gasteiger partial charge >= 0.3 is 0 Å². The fraction of sp³-hybridized carbons (Fsp3) is 0.474. The van der Waals surface area contributed by atoms with Gasteiger partial charge in [0, 0.05) is 26.3 Å². The smallest absolute Gasteiger partial charge is 0.274 e. The number of nitrogens with one attached hydrogen (secondary N) is 1. The molecule has 0 unspecified atom stereocenters. The van der Waals surface area contributed by atoms with Gasteiger partial charge in [-0.1, -0.05) is 0 Å². The molecule has 0 bridgehead atoms. The lowest BCUT2D eigenvalue weighted by molar-refractivity contribution is -0.000291. The molecular weight excluding hydrogens is 350 g/mol. The summed E-state index contributed by atoms with van der Waals surface area (Å²) in [5.41, 5.74) is 1.09. The number of fused-ring (bicyclic) bond motifs is 1. The van der Waals surface area contributed by atoms with E-state index >= 15 is 0 Å². The van der Waals surface area contributed by atoms with Gasteiger partial charge in [-0.3, -0.25) is 9.89 Å². The molecule has 2 aliphatic rings. The molecule has 1 saturated heterocycles. The molecule has 2 aliphatic heterocycles. The van der Waals surface area contributed by atoms with E-state index in [0.717, 1.165) is 31.6 Å². The third kappa shape index (κ3) is 4.16. The Kier molecular flexibility index (Phi) is 5.15. The van der Waals surface area contributed by atoms with Gasteiger partial charge in [-0.25, -0.2) is 0 Å². The first-order chi connectivity index (χ1) is 13.2. The van der Waals surface area contributed by atoms with E-state index in [1.165, 1.54) is 0 Å². The van der Waals surface area contributed by atoms with Crippen molar-refractivity contribution in [2.45, 2.75) is 32.0 Å². The number of rotatable bonds is 6. The fourth-order valence-electron chi connectivity index (χ4n) is 3.21. The lowest BCUT2D eigenvalue weighted by Gasteiger charge is -2.27. The highest BCUT2D eigenvalue weighted by molar-refractivity contribution is 5.92. The molecule has 0 radical (unpaired) electrons. The van der Waals surface area contributed by atoms with Crippen LogP contribution in [0.25, 0.3) is 0 Å². The van der Waals surface area contributed by atoms with Gasteiger partial charge in [-0.2, -0.15) is 5.10 Å². The molecule has 8 nitrogen and oxygen atoms in total. The predicted octanol–water partition coefficient (Wildman–Crippen LogP) is 2.36. The molecule has 0 aliphatic carbocycles. The van der Waals surface area contributed by atoms with Crippen LogP contribution >= 0.6 is 0 Å². The SMILES string of the molecule is CN(C[C@H]1CCCCO1)C(=O)c1cc(COc2ccc3c(c2)OCO3)[nH]n1. The molecular formula is C19H23N3O5. The second kappa shape index (κ2) is 7.87. The van der Waals surface area contributed by atoms with Gasteiger partial charge in [-0.05, 0) is 37.5 Å². The summed E-state index contributed by atoms with van der Waals surface area (Å²) in [4.78, 5) is 14.2. The summed E-state index contributed by atoms with van der Waals surface area (Å²) in [5, 5.41) is 6.98. The highest BCUT2D eigenvalue weighted by Gasteiger charge is 2.21. The van der Waals surface area contributed by atoms with Crippen molar-refractivity contribution in [2.24, 2.45) is 0 Å². The van der Waals surface area contributed by atoms with Crippen LogP contribution in [-0.2, 0) is 11.3 Å². The minimum absolute atomic E-state index is 0.112. The van der Waals surface area contributed by atoms with Gasteiger partial charge < -0.3 is 23.8 Å². The molecule has 144 valence electrons. The Hall–Kier alpha value is -2.74. The maximum Gasteiger partial charge on any atom is 0.274 e. The Bertz CT molecular complexity index is 800. The van der Waals surface area contributed by atoms with Gasteiger partial charge in [0.25, 0.3) is 5.91 Å². The lowest BCUT2D eigenvalue weighted by Crippen LogP contribution is -2.37. The van der Waals surface area contributed by atoms with Crippen molar-refractivity contribution < 1.29 is 23.7 Å². The zero-order chi connectivity index (χ0) is 18.6. The number of benzene rings is 1. The number of carbonyl (C=O) groups is 1. The van der Waals surface area contributed by atoms with Crippen molar-refractivity contribution in [3.05, 3.63) is 35.7 Å². The van der Waals surface area contributed by atoms with E-state index in [1.54, 1.807) is 24.1 Å². The second-order valence-electron chi connectivity index (χ2n) is 6.76. The number of aromatic nitrogens is 2. The van der Waals surface area contributed by atoms with Crippen LogP contribution in [0.15, 0.2) is 24.3 Å². The molecule has 1 aromatic heterocycles. The summed E-state index contributed by atoms with van der Waals surface area (Å²) >= 11 is 0. The summed E-state index contributed by atoms with van der Waals surface area (Å²) < 4.78 is 22.0. The van der Waals surface area contributed by atoms with Gasteiger partial charge in [-0.15, -0.1) is 0 Å². The van der Waals surface area contributed by atoms with Crippen molar-refractivity contribution >= 4 is 5.91 Å². The molecule has 1 atom stereocenters. The quantitative estimate of drug-likeness (QED) is 0.837. The molecule has 1 N–H and O–H groups in total. The van der Waals surface area contributed by atoms with Crippen molar-refractivity contribution in [2.75, 3.05) is 27.0 Å². The number of nitrogens with zero attached hydrogens (tertiary/aromatic N) is 2. The Morgan fingerprint density at radius 2 is 2.19 bits per heavy atom. The minimum atomic E-state index is -0.130. The maximum absolute atomic E-state index is 12.6. The van der Waals surface area contributed by atoms with E-state index in [9.17, 15) is 4.79 Å². The summed E-state index contributed by atoms with van der Waals surface area (Å²) in [6.07, 6.45) is 3.35. The van der Waals surface area contributed by atoms with Gasteiger partial charge in [0.15, 0.2) is 17.2 Å². The maximum atomic E-state index is 12.6. The monoisotopic (exact) mass is 373 g/mol. The summed E-state index contributed by atoms with van der Waals surface area (Å²) in [6.45, 7) is 1.85. The van der Waals surface area contributed by atoms with Crippen LogP contribution in [0.4, 0.5) is 0 Å². The van der Waals surface area contributed by atoms with E-state index in [-0.39, 0.29) is 25.4 Å². The van der Waals surface area contributed by atoms with Crippen LogP contribution in [-0.4, -0.2) is 54.1 Å². The Morgan fingerprint density at radius 1 is 1.30 bits per heavy atom. The van der Waals surface area contributed by atoms with Crippen LogP contribution in [0.1, 0.15) is 35.4 Å². The van der Waals surface area contributed by atoms with Gasteiger partial charge in [0.2, 0.25) is 6.79 Å². The second-order valence-corrected chi connectivity index (χ2v) is 6.76. The predicted molar refractivity (Wildman–Crippen MR) is 96.0 cm³/mol. The number of H-pyrrole nitrogens is 1. The molecule has 27 heavy (non-hydrogen) atoms. The van der Waals surface area contributed by atoms with Crippen LogP contribution < -0.4 is 14.2 Å². The Labute approximate surface area is 157 Å². The van der Waals surface area contributed by atoms with Crippen LogP contribution in [0.5, 0.6) is 17.2 Å². The number of hydrogen-bond donors (Lipinski definition) is 1. The first kappa shape index (κ1) is 17.7. The highest BCUT2D eigenvalue weighted by Crippen LogP contribution is 2.35. The summed E-state index contributed by atoms with van der Waals surface area (Å²) in [5.74, 6) is 1.91. The molecule has 4 rings (SSSR count). The highest BCUT2D eigenvalue weighted by atomic mass is 16.7. The number of aromatic amines is 1. The molecule has 1 amide bonds. The number of hydrogen-bond acceptors (Lipinski definition) is 6. The number of carbonyl (C=O) groups excluding carboxylic acids is 1. The van der Waals surface area contributed by atoms with Crippen LogP contribution in [0.2, 0.25) is 0 Å². The average Bonchev–Trinajstić information content (AvgIpc) is 3.35. The van der Waals surface area contributed by atoms with E-state index in [0.29, 0.717) is 29.5 Å². The number of amides is 1. The van der Waals surface area contributed by atoms with Crippen LogP contribution in [0.3, 0.4) is 0 Å². The molecule has 0 saturated carbocycles. The fourth-order valence-corrected chi connectivity index (χ4v) is 3.21. The molecule has 3 heterocycles. The number of likely N-dealkylation sites (N-methyl/N-ethyl adjacent to an activating group) is 1. The third-order valence-electron chi connectivity index (χ3n) is 4.69. The van der Waals surface area contributed by atoms with Crippen LogP contribution in [0, 0.1) is 0 Å². The van der Waals surface area contributed by atoms with E-state index in [2.05, 4.69) is 10.2 Å². The summed E-state index contributed by atoms with van der Waals surface area (Å²) in [6, 6.07) is 7.12. The molecule has 1 aromatic carbocycles. The van der Waals surface area contributed by atoms with Crippen molar-refractivity contribution in [3.8, 4) is 17.2 Å². The van der Waals surface area contributed by atoms with E-state index in [4.69, 9.17) is 18.9 Å². The lowest BCUT2D eigenvalue weighted by atomic mass is 10.1. The zero-order valence-corrected chi connectivity index (χ0v) is 15.3. The van der Waals surface area contributed by atoms with Crippen molar-refractivity contribution in [3.63, 3.8) is 0 Å². The van der Waals surface area contributed by atoms with E-state index in [1.807, 2.05) is 12.1 Å². The third-order valence-corrected chi connectivity index (χ3v) is 4.69. The molecule has 2 aromatic rings. The number of ether oxygens (including phenoxy) is 4. The van der Waals surface area contributed by atoms with Gasteiger partial charge in [0.05, 0.1) is 11.8 Å². The van der Waals surface area contributed by atoms with Crippen molar-refractivity contribution in [1.29, 1.82) is 0 Å². The van der Waals surface area contributed by atoms with Gasteiger partial charge in [0.1, 0.15) is 12.4 Å². The normalized spacial score (nSPS) is 18.3. The average molecular weight is 373 g/mol. The Morgan fingerprint density at radius 3 is 3.04 bits per heavy atom. The largest absolute Gasteiger partial charge is 0.487 e. The zero-order valence-electron chi connectivity index (χ0n) is 15.3. The Balaban J connectivity index is 1.31. The molecule has 8 heteroatoms.